The van der Waals surface area contributed by atoms with Crippen LogP contribution in [0.1, 0.15) is 36.9 Å². The SMILES string of the molecule is CCNC(c1cc(C)ccc1OC)C1CCCOC1. The molecule has 0 bridgehead atoms. The predicted molar refractivity (Wildman–Crippen MR) is 77.7 cm³/mol. The van der Waals surface area contributed by atoms with Crippen LogP contribution in [0.2, 0.25) is 0 Å². The van der Waals surface area contributed by atoms with Crippen LogP contribution < -0.4 is 10.1 Å². The molecular formula is C16H25NO2. The molecular weight excluding hydrogens is 238 g/mol. The molecule has 1 aliphatic heterocycles. The van der Waals surface area contributed by atoms with Crippen molar-refractivity contribution >= 4 is 0 Å². The van der Waals surface area contributed by atoms with Crippen molar-refractivity contribution in [2.75, 3.05) is 26.9 Å². The first-order valence-corrected chi connectivity index (χ1v) is 7.22. The largest absolute Gasteiger partial charge is 0.496 e. The van der Waals surface area contributed by atoms with Crippen LogP contribution >= 0.6 is 0 Å². The lowest BCUT2D eigenvalue weighted by Gasteiger charge is -2.32. The number of benzene rings is 1. The van der Waals surface area contributed by atoms with E-state index in [-0.39, 0.29) is 0 Å². The first kappa shape index (κ1) is 14.4. The molecule has 19 heavy (non-hydrogen) atoms. The monoisotopic (exact) mass is 263 g/mol. The lowest BCUT2D eigenvalue weighted by molar-refractivity contribution is 0.0389. The van der Waals surface area contributed by atoms with Crippen LogP contribution in [0.3, 0.4) is 0 Å². The summed E-state index contributed by atoms with van der Waals surface area (Å²) in [4.78, 5) is 0. The van der Waals surface area contributed by atoms with E-state index in [1.54, 1.807) is 7.11 Å². The predicted octanol–water partition coefficient (Wildman–Crippen LogP) is 3.08. The van der Waals surface area contributed by atoms with Gasteiger partial charge in [0.15, 0.2) is 0 Å². The molecule has 0 spiro atoms. The van der Waals surface area contributed by atoms with Gasteiger partial charge in [0.1, 0.15) is 5.75 Å². The van der Waals surface area contributed by atoms with Gasteiger partial charge in [-0.2, -0.15) is 0 Å². The minimum Gasteiger partial charge on any atom is -0.496 e. The van der Waals surface area contributed by atoms with Crippen molar-refractivity contribution in [1.82, 2.24) is 5.32 Å². The van der Waals surface area contributed by atoms with Crippen molar-refractivity contribution in [2.45, 2.75) is 32.7 Å². The van der Waals surface area contributed by atoms with Gasteiger partial charge >= 0.3 is 0 Å². The summed E-state index contributed by atoms with van der Waals surface area (Å²) >= 11 is 0. The van der Waals surface area contributed by atoms with Gasteiger partial charge in [0.25, 0.3) is 0 Å². The van der Waals surface area contributed by atoms with Crippen LogP contribution in [0, 0.1) is 12.8 Å². The van der Waals surface area contributed by atoms with Gasteiger partial charge in [-0.15, -0.1) is 0 Å². The van der Waals surface area contributed by atoms with Gasteiger partial charge in [0.05, 0.1) is 13.7 Å². The van der Waals surface area contributed by atoms with Gasteiger partial charge in [0, 0.05) is 24.1 Å². The summed E-state index contributed by atoms with van der Waals surface area (Å²) in [6, 6.07) is 6.72. The van der Waals surface area contributed by atoms with Crippen LogP contribution in [-0.4, -0.2) is 26.9 Å². The molecule has 1 heterocycles. The Morgan fingerprint density at radius 2 is 2.32 bits per heavy atom. The maximum Gasteiger partial charge on any atom is 0.123 e. The van der Waals surface area contributed by atoms with E-state index < -0.39 is 0 Å². The summed E-state index contributed by atoms with van der Waals surface area (Å²) in [6.45, 7) is 6.98. The molecule has 0 amide bonds. The average molecular weight is 263 g/mol. The normalized spacial score (nSPS) is 21.1. The van der Waals surface area contributed by atoms with Gasteiger partial charge in [-0.05, 0) is 32.4 Å². The number of rotatable bonds is 5. The quantitative estimate of drug-likeness (QED) is 0.885. The van der Waals surface area contributed by atoms with Crippen molar-refractivity contribution < 1.29 is 9.47 Å². The second-order valence-electron chi connectivity index (χ2n) is 5.26. The van der Waals surface area contributed by atoms with Crippen molar-refractivity contribution in [3.05, 3.63) is 29.3 Å². The maximum absolute atomic E-state index is 5.65. The Balaban J connectivity index is 2.28. The van der Waals surface area contributed by atoms with E-state index in [4.69, 9.17) is 9.47 Å². The van der Waals surface area contributed by atoms with Crippen LogP contribution in [-0.2, 0) is 4.74 Å². The van der Waals surface area contributed by atoms with E-state index in [1.165, 1.54) is 17.5 Å². The van der Waals surface area contributed by atoms with E-state index in [0.29, 0.717) is 12.0 Å². The summed E-state index contributed by atoms with van der Waals surface area (Å²) in [5.74, 6) is 1.51. The lowest BCUT2D eigenvalue weighted by atomic mass is 9.87. The van der Waals surface area contributed by atoms with Crippen LogP contribution in [0.25, 0.3) is 0 Å². The third-order valence-electron chi connectivity index (χ3n) is 3.81. The van der Waals surface area contributed by atoms with Crippen molar-refractivity contribution in [1.29, 1.82) is 0 Å². The Kier molecular flexibility index (Phi) is 5.23. The highest BCUT2D eigenvalue weighted by Crippen LogP contribution is 2.34. The van der Waals surface area contributed by atoms with E-state index in [9.17, 15) is 0 Å². The molecule has 0 aromatic heterocycles. The molecule has 3 nitrogen and oxygen atoms in total. The van der Waals surface area contributed by atoms with Crippen LogP contribution in [0.15, 0.2) is 18.2 Å². The zero-order chi connectivity index (χ0) is 13.7. The van der Waals surface area contributed by atoms with Crippen molar-refractivity contribution in [3.63, 3.8) is 0 Å². The Labute approximate surface area is 116 Å². The molecule has 106 valence electrons. The highest BCUT2D eigenvalue weighted by atomic mass is 16.5. The summed E-state index contributed by atoms with van der Waals surface area (Å²) in [7, 11) is 1.74. The molecule has 0 saturated carbocycles. The Morgan fingerprint density at radius 3 is 2.95 bits per heavy atom. The second kappa shape index (κ2) is 6.92. The number of hydrogen-bond acceptors (Lipinski definition) is 3. The molecule has 1 fully saturated rings. The zero-order valence-electron chi connectivity index (χ0n) is 12.2. The van der Waals surface area contributed by atoms with E-state index in [2.05, 4.69) is 37.4 Å². The molecule has 1 aromatic rings. The maximum atomic E-state index is 5.65. The first-order valence-electron chi connectivity index (χ1n) is 7.22. The van der Waals surface area contributed by atoms with Crippen molar-refractivity contribution in [2.24, 2.45) is 5.92 Å². The summed E-state index contributed by atoms with van der Waals surface area (Å²) in [6.07, 6.45) is 2.37. The fourth-order valence-electron chi connectivity index (χ4n) is 2.88. The van der Waals surface area contributed by atoms with Crippen LogP contribution in [0.5, 0.6) is 5.75 Å². The van der Waals surface area contributed by atoms with E-state index in [0.717, 1.165) is 31.9 Å². The molecule has 2 atom stereocenters. The van der Waals surface area contributed by atoms with Gasteiger partial charge in [-0.3, -0.25) is 0 Å². The Hall–Kier alpha value is -1.06. The highest BCUT2D eigenvalue weighted by Gasteiger charge is 2.27. The fourth-order valence-corrected chi connectivity index (χ4v) is 2.88. The smallest absolute Gasteiger partial charge is 0.123 e. The molecule has 1 aromatic carbocycles. The molecule has 2 unspecified atom stereocenters. The lowest BCUT2D eigenvalue weighted by Crippen LogP contribution is -2.33. The standard InChI is InChI=1S/C16H25NO2/c1-4-17-16(13-6-5-9-19-11-13)14-10-12(2)7-8-15(14)18-3/h7-8,10,13,16-17H,4-6,9,11H2,1-3H3. The van der Waals surface area contributed by atoms with Crippen LogP contribution in [0.4, 0.5) is 0 Å². The van der Waals surface area contributed by atoms with Gasteiger partial charge in [-0.25, -0.2) is 0 Å². The summed E-state index contributed by atoms with van der Waals surface area (Å²) in [5, 5.41) is 3.61. The summed E-state index contributed by atoms with van der Waals surface area (Å²) in [5.41, 5.74) is 2.54. The number of nitrogens with one attached hydrogen (secondary N) is 1. The minimum atomic E-state index is 0.320. The second-order valence-corrected chi connectivity index (χ2v) is 5.26. The molecule has 1 saturated heterocycles. The van der Waals surface area contributed by atoms with Gasteiger partial charge in [-0.1, -0.05) is 24.6 Å². The van der Waals surface area contributed by atoms with Crippen molar-refractivity contribution in [3.8, 4) is 5.75 Å². The Morgan fingerprint density at radius 1 is 1.47 bits per heavy atom. The van der Waals surface area contributed by atoms with E-state index >= 15 is 0 Å². The summed E-state index contributed by atoms with van der Waals surface area (Å²) < 4.78 is 11.2. The molecule has 0 radical (unpaired) electrons. The molecule has 0 aliphatic carbocycles. The molecule has 1 N–H and O–H groups in total. The number of methoxy groups -OCH3 is 1. The third kappa shape index (κ3) is 3.48. The molecule has 2 rings (SSSR count). The number of aryl methyl sites for hydroxylation is 1. The van der Waals surface area contributed by atoms with Gasteiger partial charge in [0.2, 0.25) is 0 Å². The van der Waals surface area contributed by atoms with Gasteiger partial charge < -0.3 is 14.8 Å². The molecule has 3 heteroatoms. The Bertz CT molecular complexity index is 400. The zero-order valence-corrected chi connectivity index (χ0v) is 12.2. The molecule has 1 aliphatic rings. The topological polar surface area (TPSA) is 30.5 Å². The average Bonchev–Trinajstić information content (AvgIpc) is 2.45. The number of ether oxygens (including phenoxy) is 2. The minimum absolute atomic E-state index is 0.320. The highest BCUT2D eigenvalue weighted by molar-refractivity contribution is 5.39. The third-order valence-corrected chi connectivity index (χ3v) is 3.81. The number of hydrogen-bond donors (Lipinski definition) is 1. The first-order chi connectivity index (χ1) is 9.26. The fraction of sp³-hybridized carbons (Fsp3) is 0.625. The van der Waals surface area contributed by atoms with E-state index in [1.807, 2.05) is 0 Å².